The van der Waals surface area contributed by atoms with E-state index in [0.29, 0.717) is 12.6 Å². The number of imidazole rings is 1. The van der Waals surface area contributed by atoms with E-state index in [1.165, 1.54) is 19.2 Å². The predicted molar refractivity (Wildman–Crippen MR) is 96.0 cm³/mol. The lowest BCUT2D eigenvalue weighted by Gasteiger charge is -2.33. The Morgan fingerprint density at radius 2 is 1.55 bits per heavy atom. The van der Waals surface area contributed by atoms with E-state index in [9.17, 15) is 47.9 Å². The Balaban J connectivity index is 2.17. The molecule has 1 fully saturated rings. The van der Waals surface area contributed by atoms with E-state index in [1.54, 1.807) is 0 Å². The minimum Gasteiger partial charge on any atom is -0.325 e. The van der Waals surface area contributed by atoms with Gasteiger partial charge in [-0.25, -0.2) is 13.4 Å². The first-order valence-corrected chi connectivity index (χ1v) is 11.0. The fourth-order valence-corrected chi connectivity index (χ4v) is 4.18. The summed E-state index contributed by atoms with van der Waals surface area (Å²) in [6, 6.07) is 1.23. The van der Waals surface area contributed by atoms with Crippen LogP contribution in [-0.4, -0.2) is 46.7 Å². The molecule has 0 saturated heterocycles. The highest BCUT2D eigenvalue weighted by atomic mass is 32.2. The van der Waals surface area contributed by atoms with Gasteiger partial charge in [0.05, 0.1) is 16.8 Å². The summed E-state index contributed by atoms with van der Waals surface area (Å²) in [6.45, 7) is 1.28. The summed E-state index contributed by atoms with van der Waals surface area (Å²) in [5, 5.41) is 0. The zero-order valence-electron chi connectivity index (χ0n) is 16.9. The minimum absolute atomic E-state index is 0.0193. The van der Waals surface area contributed by atoms with Crippen LogP contribution in [0.1, 0.15) is 36.9 Å². The first-order valence-electron chi connectivity index (χ1n) is 9.35. The van der Waals surface area contributed by atoms with E-state index in [2.05, 4.69) is 9.97 Å². The molecule has 0 N–H and O–H groups in total. The van der Waals surface area contributed by atoms with Crippen molar-refractivity contribution in [2.45, 2.75) is 54.5 Å². The van der Waals surface area contributed by atoms with Crippen LogP contribution in [0.3, 0.4) is 0 Å². The maximum Gasteiger partial charge on any atom is 0.460 e. The molecule has 0 aliphatic heterocycles. The van der Waals surface area contributed by atoms with E-state index in [4.69, 9.17) is 0 Å². The number of sulfone groups is 1. The molecule has 0 bridgehead atoms. The summed E-state index contributed by atoms with van der Waals surface area (Å²) in [7, 11) is -3.39. The van der Waals surface area contributed by atoms with Crippen molar-refractivity contribution in [3.8, 4) is 11.5 Å². The molecule has 2 aromatic rings. The largest absolute Gasteiger partial charge is 0.460 e. The van der Waals surface area contributed by atoms with Gasteiger partial charge in [-0.3, -0.25) is 4.98 Å². The van der Waals surface area contributed by atoms with E-state index in [1.807, 2.05) is 0 Å². The first kappa shape index (κ1) is 25.3. The highest BCUT2D eigenvalue weighted by molar-refractivity contribution is 7.91. The predicted octanol–water partition coefficient (Wildman–Crippen LogP) is 5.08. The van der Waals surface area contributed by atoms with Crippen molar-refractivity contribution in [2.75, 3.05) is 5.75 Å². The second kappa shape index (κ2) is 7.60. The molecule has 33 heavy (non-hydrogen) atoms. The summed E-state index contributed by atoms with van der Waals surface area (Å²) < 4.78 is 145. The van der Waals surface area contributed by atoms with Gasteiger partial charge < -0.3 is 4.57 Å². The fourth-order valence-electron chi connectivity index (χ4n) is 3.12. The van der Waals surface area contributed by atoms with Gasteiger partial charge in [0.15, 0.2) is 15.7 Å². The van der Waals surface area contributed by atoms with Gasteiger partial charge in [-0.1, -0.05) is 6.92 Å². The quantitative estimate of drug-likeness (QED) is 0.489. The lowest BCUT2D eigenvalue weighted by atomic mass is 10.0. The van der Waals surface area contributed by atoms with Crippen molar-refractivity contribution >= 4 is 9.84 Å². The molecular weight excluding hydrogens is 493 g/mol. The topological polar surface area (TPSA) is 64.8 Å². The van der Waals surface area contributed by atoms with Crippen LogP contribution in [0.25, 0.3) is 11.5 Å². The molecule has 1 aliphatic rings. The van der Waals surface area contributed by atoms with Gasteiger partial charge in [-0.05, 0) is 30.4 Å². The van der Waals surface area contributed by atoms with Crippen molar-refractivity contribution in [3.05, 3.63) is 29.7 Å². The molecule has 0 spiro atoms. The van der Waals surface area contributed by atoms with E-state index >= 15 is 0 Å². The fraction of sp³-hybridized carbons (Fsp3) is 0.556. The van der Waals surface area contributed by atoms with Crippen LogP contribution >= 0.6 is 0 Å². The third kappa shape index (κ3) is 3.87. The first-order chi connectivity index (χ1) is 14.9. The number of alkyl halides is 9. The number of nitrogens with zero attached hydrogens (tertiary/aromatic N) is 3. The second-order valence-corrected chi connectivity index (χ2v) is 9.79. The SMILES string of the molecule is CCS(=O)(=O)c1cc(C2CC2)cnc1-c1ncc(C(F)(F)C(F)(F)C(F)(F)C(F)(F)F)n1C. The van der Waals surface area contributed by atoms with E-state index < -0.39 is 61.6 Å². The number of rotatable bonds is 7. The number of halogens is 9. The summed E-state index contributed by atoms with van der Waals surface area (Å²) in [5.41, 5.74) is -1.99. The number of hydrogen-bond acceptors (Lipinski definition) is 4. The third-order valence-electron chi connectivity index (χ3n) is 5.30. The lowest BCUT2D eigenvalue weighted by Crippen LogP contribution is -2.59. The van der Waals surface area contributed by atoms with Crippen LogP contribution < -0.4 is 0 Å². The smallest absolute Gasteiger partial charge is 0.325 e. The molecule has 5 nitrogen and oxygen atoms in total. The summed E-state index contributed by atoms with van der Waals surface area (Å²) in [4.78, 5) is 6.86. The van der Waals surface area contributed by atoms with Crippen molar-refractivity contribution < 1.29 is 47.9 Å². The molecule has 2 heterocycles. The summed E-state index contributed by atoms with van der Waals surface area (Å²) in [5.74, 6) is -21.1. The normalized spacial score (nSPS) is 16.3. The Bertz CT molecular complexity index is 1170. The molecule has 0 aromatic carbocycles. The van der Waals surface area contributed by atoms with Gasteiger partial charge in [0.1, 0.15) is 11.4 Å². The second-order valence-electron chi connectivity index (χ2n) is 7.54. The Morgan fingerprint density at radius 1 is 0.970 bits per heavy atom. The Labute approximate surface area is 181 Å². The van der Waals surface area contributed by atoms with Crippen LogP contribution in [0.15, 0.2) is 23.4 Å². The third-order valence-corrected chi connectivity index (χ3v) is 7.05. The Hall–Kier alpha value is -2.32. The average molecular weight is 509 g/mol. The average Bonchev–Trinajstić information content (AvgIpc) is 3.48. The van der Waals surface area contributed by atoms with Gasteiger partial charge in [-0.2, -0.15) is 39.5 Å². The lowest BCUT2D eigenvalue weighted by molar-refractivity contribution is -0.400. The van der Waals surface area contributed by atoms with Crippen molar-refractivity contribution in [2.24, 2.45) is 7.05 Å². The van der Waals surface area contributed by atoms with Crippen LogP contribution in [0.5, 0.6) is 0 Å². The summed E-state index contributed by atoms with van der Waals surface area (Å²) >= 11 is 0. The Kier molecular flexibility index (Phi) is 5.83. The van der Waals surface area contributed by atoms with Crippen LogP contribution in [0.2, 0.25) is 0 Å². The maximum atomic E-state index is 14.4. The molecule has 0 atom stereocenters. The van der Waals surface area contributed by atoms with Crippen molar-refractivity contribution in [3.63, 3.8) is 0 Å². The molecule has 0 unspecified atom stereocenters. The Morgan fingerprint density at radius 3 is 2.03 bits per heavy atom. The van der Waals surface area contributed by atoms with Crippen LogP contribution in [0.4, 0.5) is 39.5 Å². The van der Waals surface area contributed by atoms with Crippen molar-refractivity contribution in [1.29, 1.82) is 0 Å². The van der Waals surface area contributed by atoms with Gasteiger partial charge in [-0.15, -0.1) is 0 Å². The van der Waals surface area contributed by atoms with Gasteiger partial charge in [0, 0.05) is 13.2 Å². The van der Waals surface area contributed by atoms with Gasteiger partial charge in [0.25, 0.3) is 0 Å². The molecule has 0 amide bonds. The van der Waals surface area contributed by atoms with Gasteiger partial charge >= 0.3 is 23.9 Å². The zero-order chi connectivity index (χ0) is 25.2. The van der Waals surface area contributed by atoms with Crippen LogP contribution in [0, 0.1) is 0 Å². The number of aromatic nitrogens is 3. The standard InChI is InChI=1S/C18H16F9N3O2S/c1-3-33(31,32)11-6-10(9-4-5-9)7-28-13(11)14-29-8-12(30(14)2)15(19,20)16(21,22)17(23,24)18(25,26)27/h6-9H,3-5H2,1-2H3. The number of pyridine rings is 1. The molecule has 15 heteroatoms. The summed E-state index contributed by atoms with van der Waals surface area (Å²) in [6.07, 6.45) is -4.24. The zero-order valence-corrected chi connectivity index (χ0v) is 17.7. The highest BCUT2D eigenvalue weighted by Gasteiger charge is 2.82. The monoisotopic (exact) mass is 509 g/mol. The number of hydrogen-bond donors (Lipinski definition) is 0. The maximum absolute atomic E-state index is 14.4. The molecular formula is C18H16F9N3O2S. The molecule has 1 aliphatic carbocycles. The molecule has 184 valence electrons. The van der Waals surface area contributed by atoms with E-state index in [0.717, 1.165) is 12.8 Å². The van der Waals surface area contributed by atoms with Crippen molar-refractivity contribution in [1.82, 2.24) is 14.5 Å². The highest BCUT2D eigenvalue weighted by Crippen LogP contribution is 2.56. The van der Waals surface area contributed by atoms with E-state index in [-0.39, 0.29) is 16.7 Å². The molecule has 2 aromatic heterocycles. The van der Waals surface area contributed by atoms with Gasteiger partial charge in [0.2, 0.25) is 0 Å². The molecule has 0 radical (unpaired) electrons. The minimum atomic E-state index is -7.07. The molecule has 3 rings (SSSR count). The molecule has 1 saturated carbocycles. The van der Waals surface area contributed by atoms with Crippen LogP contribution in [-0.2, 0) is 22.8 Å².